The summed E-state index contributed by atoms with van der Waals surface area (Å²) in [5.74, 6) is -0.512. The maximum atomic E-state index is 10.5. The van der Waals surface area contributed by atoms with Crippen LogP contribution in [-0.2, 0) is 0 Å². The summed E-state index contributed by atoms with van der Waals surface area (Å²) < 4.78 is 0.377. The van der Waals surface area contributed by atoms with Crippen molar-refractivity contribution >= 4 is 21.8 Å². The molecule has 0 saturated carbocycles. The van der Waals surface area contributed by atoms with E-state index < -0.39 is 5.91 Å². The summed E-state index contributed by atoms with van der Waals surface area (Å²) in [5, 5.41) is 7.09. The van der Waals surface area contributed by atoms with Crippen molar-refractivity contribution in [3.05, 3.63) is 22.4 Å². The van der Waals surface area contributed by atoms with Gasteiger partial charge in [0.25, 0.3) is 5.91 Å². The normalized spacial score (nSPS) is 9.30. The van der Waals surface area contributed by atoms with Crippen LogP contribution in [0, 0.1) is 0 Å². The third kappa shape index (κ3) is 1.30. The number of halogens is 1. The van der Waals surface area contributed by atoms with Crippen LogP contribution in [0.5, 0.6) is 0 Å². The lowest BCUT2D eigenvalue weighted by atomic mass is 10.3. The highest BCUT2D eigenvalue weighted by atomic mass is 79.9. The molecule has 1 aromatic rings. The van der Waals surface area contributed by atoms with Crippen molar-refractivity contribution in [3.8, 4) is 0 Å². The number of rotatable bonds is 1. The van der Waals surface area contributed by atoms with Gasteiger partial charge in [0.1, 0.15) is 4.60 Å². The highest BCUT2D eigenvalue weighted by Crippen LogP contribution is 2.09. The molecule has 2 N–H and O–H groups in total. The summed E-state index contributed by atoms with van der Waals surface area (Å²) in [4.78, 5) is 10.5. The first kappa shape index (κ1) is 7.14. The van der Waals surface area contributed by atoms with Gasteiger partial charge in [-0.1, -0.05) is 0 Å². The van der Waals surface area contributed by atoms with E-state index in [1.807, 2.05) is 0 Å². The fourth-order valence-corrected chi connectivity index (χ4v) is 0.917. The molecule has 0 aliphatic carbocycles. The zero-order valence-electron chi connectivity index (χ0n) is 4.91. The van der Waals surface area contributed by atoms with E-state index in [-0.39, 0.29) is 0 Å². The van der Waals surface area contributed by atoms with E-state index in [1.54, 1.807) is 0 Å². The van der Waals surface area contributed by atoms with Crippen LogP contribution in [0.4, 0.5) is 0 Å². The van der Waals surface area contributed by atoms with E-state index in [0.717, 1.165) is 0 Å². The molecule has 0 saturated heterocycles. The van der Waals surface area contributed by atoms with Crippen LogP contribution in [0.15, 0.2) is 16.9 Å². The van der Waals surface area contributed by atoms with Gasteiger partial charge in [-0.2, -0.15) is 5.10 Å². The number of nitrogens with zero attached hydrogens (tertiary/aromatic N) is 2. The lowest BCUT2D eigenvalue weighted by Crippen LogP contribution is -2.12. The van der Waals surface area contributed by atoms with Crippen LogP contribution in [0.3, 0.4) is 0 Å². The molecule has 1 heterocycles. The molecule has 0 bridgehead atoms. The van der Waals surface area contributed by atoms with Crippen molar-refractivity contribution in [2.75, 3.05) is 0 Å². The highest BCUT2D eigenvalue weighted by molar-refractivity contribution is 9.10. The van der Waals surface area contributed by atoms with Crippen molar-refractivity contribution in [1.29, 1.82) is 0 Å². The Morgan fingerprint density at radius 3 is 2.80 bits per heavy atom. The van der Waals surface area contributed by atoms with Crippen LogP contribution in [0.1, 0.15) is 10.4 Å². The van der Waals surface area contributed by atoms with Gasteiger partial charge < -0.3 is 5.73 Å². The number of carbonyl (C=O) groups excluding carboxylic acids is 1. The molecule has 1 aromatic heterocycles. The average molecular weight is 202 g/mol. The quantitative estimate of drug-likeness (QED) is 0.713. The van der Waals surface area contributed by atoms with Crippen molar-refractivity contribution < 1.29 is 4.79 Å². The highest BCUT2D eigenvalue weighted by Gasteiger charge is 2.04. The van der Waals surface area contributed by atoms with Gasteiger partial charge in [0, 0.05) is 0 Å². The first-order chi connectivity index (χ1) is 4.72. The van der Waals surface area contributed by atoms with E-state index in [2.05, 4.69) is 26.1 Å². The zero-order chi connectivity index (χ0) is 7.56. The van der Waals surface area contributed by atoms with Gasteiger partial charge in [-0.25, -0.2) is 0 Å². The Morgan fingerprint density at radius 1 is 1.70 bits per heavy atom. The van der Waals surface area contributed by atoms with Crippen molar-refractivity contribution in [3.63, 3.8) is 0 Å². The number of hydrogen-bond acceptors (Lipinski definition) is 3. The summed E-state index contributed by atoms with van der Waals surface area (Å²) in [7, 11) is 0. The number of aromatic nitrogens is 2. The molecular weight excluding hydrogens is 198 g/mol. The van der Waals surface area contributed by atoms with Gasteiger partial charge in [-0.05, 0) is 22.0 Å². The van der Waals surface area contributed by atoms with E-state index in [4.69, 9.17) is 5.73 Å². The lowest BCUT2D eigenvalue weighted by Gasteiger charge is -1.93. The standard InChI is InChI=1S/C5H4BrN3O/c6-4-3(5(7)10)1-2-8-9-4/h1-2H,(H2,7,10). The number of hydrogen-bond donors (Lipinski definition) is 1. The largest absolute Gasteiger partial charge is 0.366 e. The Bertz CT molecular complexity index is 263. The van der Waals surface area contributed by atoms with Crippen molar-refractivity contribution in [2.24, 2.45) is 5.73 Å². The SMILES string of the molecule is NC(=O)c1ccnnc1Br. The van der Waals surface area contributed by atoms with Gasteiger partial charge >= 0.3 is 0 Å². The molecule has 0 unspecified atom stereocenters. The second kappa shape index (κ2) is 2.74. The van der Waals surface area contributed by atoms with Crippen LogP contribution >= 0.6 is 15.9 Å². The van der Waals surface area contributed by atoms with Crippen molar-refractivity contribution in [2.45, 2.75) is 0 Å². The first-order valence-corrected chi connectivity index (χ1v) is 3.28. The Morgan fingerprint density at radius 2 is 2.40 bits per heavy atom. The first-order valence-electron chi connectivity index (χ1n) is 2.49. The predicted molar refractivity (Wildman–Crippen MR) is 38.2 cm³/mol. The second-order valence-corrected chi connectivity index (χ2v) is 2.35. The molecule has 0 aliphatic heterocycles. The number of carbonyl (C=O) groups is 1. The van der Waals surface area contributed by atoms with Gasteiger partial charge in [0.15, 0.2) is 0 Å². The summed E-state index contributed by atoms with van der Waals surface area (Å²) >= 11 is 3.02. The monoisotopic (exact) mass is 201 g/mol. The molecule has 0 spiro atoms. The maximum Gasteiger partial charge on any atom is 0.251 e. The van der Waals surface area contributed by atoms with Gasteiger partial charge in [0.05, 0.1) is 11.8 Å². The summed E-state index contributed by atoms with van der Waals surface area (Å²) in [5.41, 5.74) is 5.32. The Labute approximate surface area is 65.6 Å². The Kier molecular flexibility index (Phi) is 1.96. The van der Waals surface area contributed by atoms with Gasteiger partial charge in [0.2, 0.25) is 0 Å². The average Bonchev–Trinajstić information content (AvgIpc) is 1.88. The smallest absolute Gasteiger partial charge is 0.251 e. The van der Waals surface area contributed by atoms with E-state index in [1.165, 1.54) is 12.3 Å². The van der Waals surface area contributed by atoms with Crippen LogP contribution < -0.4 is 5.73 Å². The van der Waals surface area contributed by atoms with Crippen LogP contribution in [0.25, 0.3) is 0 Å². The van der Waals surface area contributed by atoms with Gasteiger partial charge in [-0.15, -0.1) is 5.10 Å². The van der Waals surface area contributed by atoms with Crippen LogP contribution in [0.2, 0.25) is 0 Å². The molecule has 10 heavy (non-hydrogen) atoms. The molecule has 52 valence electrons. The minimum absolute atomic E-state index is 0.343. The molecule has 4 nitrogen and oxygen atoms in total. The summed E-state index contributed by atoms with van der Waals surface area (Å²) in [6.45, 7) is 0. The third-order valence-corrected chi connectivity index (χ3v) is 1.53. The molecule has 1 amide bonds. The lowest BCUT2D eigenvalue weighted by molar-refractivity contribution is 0.0999. The fourth-order valence-electron chi connectivity index (χ4n) is 0.498. The van der Waals surface area contributed by atoms with Crippen molar-refractivity contribution in [1.82, 2.24) is 10.2 Å². The number of nitrogens with two attached hydrogens (primary N) is 1. The second-order valence-electron chi connectivity index (χ2n) is 1.60. The Balaban J connectivity index is 3.15. The molecule has 0 atom stereocenters. The van der Waals surface area contributed by atoms with Crippen LogP contribution in [-0.4, -0.2) is 16.1 Å². The number of primary amides is 1. The fraction of sp³-hybridized carbons (Fsp3) is 0. The Hall–Kier alpha value is -0.970. The minimum Gasteiger partial charge on any atom is -0.366 e. The molecule has 0 aliphatic rings. The number of amides is 1. The maximum absolute atomic E-state index is 10.5. The minimum atomic E-state index is -0.512. The zero-order valence-corrected chi connectivity index (χ0v) is 6.50. The molecule has 0 fully saturated rings. The van der Waals surface area contributed by atoms with E-state index in [0.29, 0.717) is 10.2 Å². The predicted octanol–water partition coefficient (Wildman–Crippen LogP) is 0.338. The third-order valence-electron chi connectivity index (χ3n) is 0.941. The summed E-state index contributed by atoms with van der Waals surface area (Å²) in [6, 6.07) is 1.50. The molecule has 0 radical (unpaired) electrons. The molecule has 1 rings (SSSR count). The molecule has 0 aromatic carbocycles. The van der Waals surface area contributed by atoms with E-state index >= 15 is 0 Å². The topological polar surface area (TPSA) is 68.9 Å². The van der Waals surface area contributed by atoms with E-state index in [9.17, 15) is 4.79 Å². The molecular formula is C5H4BrN3O. The molecule has 5 heteroatoms. The summed E-state index contributed by atoms with van der Waals surface area (Å²) in [6.07, 6.45) is 1.41. The van der Waals surface area contributed by atoms with Gasteiger partial charge in [-0.3, -0.25) is 4.79 Å².